The van der Waals surface area contributed by atoms with Crippen molar-refractivity contribution in [2.24, 2.45) is 0 Å². The number of nitrogens with one attached hydrogen (secondary N) is 1. The van der Waals surface area contributed by atoms with Crippen LogP contribution in [-0.2, 0) is 25.6 Å². The van der Waals surface area contributed by atoms with Crippen LogP contribution < -0.4 is 10.5 Å². The maximum absolute atomic E-state index is 13.7. The molecule has 2 N–H and O–H groups in total. The standard InChI is InChI=1S/C28H32N3O6/c1-18-24(27(32)36-3)26(21-11-7-12-22(15-21)31(34)35)25(19(2)29-18)28(33)37-23-13-8-14-30(17-23)16-20-9-5-4-6-10-20/h4-7,9-12,15,23,26,29,34H,8,13-14,16-17H2,1-3H3/q-1. The Kier molecular flexibility index (Phi) is 8.27. The molecule has 2 aromatic rings. The topological polar surface area (TPSA) is 114 Å². The number of methoxy groups -OCH3 is 1. The minimum Gasteiger partial charge on any atom is -0.733 e. The van der Waals surface area contributed by atoms with Crippen LogP contribution in [0.1, 0.15) is 43.7 Å². The molecule has 2 heterocycles. The molecule has 0 saturated carbocycles. The van der Waals surface area contributed by atoms with Crippen molar-refractivity contribution >= 4 is 17.6 Å². The Bertz CT molecular complexity index is 1210. The molecule has 9 heteroatoms. The highest BCUT2D eigenvalue weighted by molar-refractivity contribution is 6.00. The number of allylic oxidation sites excluding steroid dienone is 2. The summed E-state index contributed by atoms with van der Waals surface area (Å²) in [6.07, 6.45) is 1.33. The Morgan fingerprint density at radius 3 is 2.46 bits per heavy atom. The van der Waals surface area contributed by atoms with E-state index in [-0.39, 0.29) is 28.2 Å². The van der Waals surface area contributed by atoms with Crippen LogP contribution in [0.2, 0.25) is 0 Å². The maximum Gasteiger partial charge on any atom is 0.337 e. The van der Waals surface area contributed by atoms with E-state index < -0.39 is 17.9 Å². The fourth-order valence-corrected chi connectivity index (χ4v) is 5.11. The van der Waals surface area contributed by atoms with Crippen molar-refractivity contribution in [3.8, 4) is 0 Å². The first-order valence-corrected chi connectivity index (χ1v) is 12.3. The van der Waals surface area contributed by atoms with Crippen molar-refractivity contribution < 1.29 is 24.3 Å². The number of piperidine rings is 1. The molecule has 2 aliphatic rings. The molecule has 0 radical (unpaired) electrons. The number of anilines is 1. The van der Waals surface area contributed by atoms with E-state index in [1.54, 1.807) is 26.0 Å². The van der Waals surface area contributed by atoms with Gasteiger partial charge in [0, 0.05) is 24.5 Å². The highest BCUT2D eigenvalue weighted by atomic mass is 16.8. The van der Waals surface area contributed by atoms with Gasteiger partial charge in [0.15, 0.2) is 0 Å². The summed E-state index contributed by atoms with van der Waals surface area (Å²) < 4.78 is 11.1. The Balaban J connectivity index is 1.61. The number of carbonyl (C=O) groups is 2. The average molecular weight is 507 g/mol. The van der Waals surface area contributed by atoms with Crippen molar-refractivity contribution in [3.05, 3.63) is 93.5 Å². The monoisotopic (exact) mass is 506 g/mol. The number of hydrogen-bond donors (Lipinski definition) is 2. The van der Waals surface area contributed by atoms with Crippen LogP contribution in [0.5, 0.6) is 0 Å². The summed E-state index contributed by atoms with van der Waals surface area (Å²) >= 11 is 0. The van der Waals surface area contributed by atoms with E-state index in [2.05, 4.69) is 22.3 Å². The van der Waals surface area contributed by atoms with Crippen molar-refractivity contribution in [1.82, 2.24) is 10.2 Å². The van der Waals surface area contributed by atoms with E-state index in [1.165, 1.54) is 24.8 Å². The minimum absolute atomic E-state index is 0.0212. The zero-order valence-corrected chi connectivity index (χ0v) is 21.3. The Labute approximate surface area is 216 Å². The van der Waals surface area contributed by atoms with Gasteiger partial charge >= 0.3 is 11.9 Å². The molecule has 0 aromatic heterocycles. The van der Waals surface area contributed by atoms with Crippen molar-refractivity contribution in [3.63, 3.8) is 0 Å². The number of ether oxygens (including phenoxy) is 2. The van der Waals surface area contributed by atoms with E-state index in [0.717, 1.165) is 25.9 Å². The van der Waals surface area contributed by atoms with Crippen molar-refractivity contribution in [2.45, 2.75) is 45.3 Å². The van der Waals surface area contributed by atoms with E-state index in [4.69, 9.17) is 9.47 Å². The quantitative estimate of drug-likeness (QED) is 0.425. The highest BCUT2D eigenvalue weighted by Crippen LogP contribution is 2.40. The molecular formula is C28H32N3O6-. The second kappa shape index (κ2) is 11.6. The summed E-state index contributed by atoms with van der Waals surface area (Å²) in [7, 11) is 1.27. The van der Waals surface area contributed by atoms with Crippen LogP contribution in [0, 0.1) is 5.21 Å². The van der Waals surface area contributed by atoms with E-state index in [1.807, 2.05) is 18.2 Å². The van der Waals surface area contributed by atoms with Gasteiger partial charge in [-0.15, -0.1) is 0 Å². The van der Waals surface area contributed by atoms with Gasteiger partial charge in [-0.2, -0.15) is 0 Å². The van der Waals surface area contributed by atoms with Gasteiger partial charge in [0.2, 0.25) is 0 Å². The van der Waals surface area contributed by atoms with Gasteiger partial charge in [0.25, 0.3) is 0 Å². The van der Waals surface area contributed by atoms with Gasteiger partial charge in [-0.3, -0.25) is 10.1 Å². The first-order chi connectivity index (χ1) is 17.8. The summed E-state index contributed by atoms with van der Waals surface area (Å²) in [5.74, 6) is -1.98. The largest absolute Gasteiger partial charge is 0.733 e. The van der Waals surface area contributed by atoms with Gasteiger partial charge in [0.05, 0.1) is 29.9 Å². The molecule has 0 amide bonds. The molecule has 2 atom stereocenters. The number of benzene rings is 2. The molecule has 2 aromatic carbocycles. The number of rotatable bonds is 7. The molecule has 196 valence electrons. The van der Waals surface area contributed by atoms with Crippen LogP contribution in [0.4, 0.5) is 5.69 Å². The van der Waals surface area contributed by atoms with Crippen molar-refractivity contribution in [1.29, 1.82) is 0 Å². The number of esters is 2. The lowest BCUT2D eigenvalue weighted by atomic mass is 9.80. The number of hydrogen-bond acceptors (Lipinski definition) is 9. The Morgan fingerprint density at radius 1 is 1.08 bits per heavy atom. The molecule has 0 bridgehead atoms. The van der Waals surface area contributed by atoms with Gasteiger partial charge in [-0.1, -0.05) is 42.5 Å². The smallest absolute Gasteiger partial charge is 0.337 e. The third kappa shape index (κ3) is 6.02. The van der Waals surface area contributed by atoms with E-state index >= 15 is 0 Å². The molecule has 9 nitrogen and oxygen atoms in total. The molecule has 0 aliphatic carbocycles. The van der Waals surface area contributed by atoms with Crippen LogP contribution >= 0.6 is 0 Å². The van der Waals surface area contributed by atoms with Gasteiger partial charge in [-0.25, -0.2) is 9.59 Å². The van der Waals surface area contributed by atoms with Crippen molar-refractivity contribution in [2.75, 3.05) is 25.4 Å². The number of carbonyl (C=O) groups excluding carboxylic acids is 2. The summed E-state index contributed by atoms with van der Waals surface area (Å²) in [5.41, 5.74) is 3.24. The predicted octanol–water partition coefficient (Wildman–Crippen LogP) is 4.00. The summed E-state index contributed by atoms with van der Waals surface area (Å²) in [5, 5.41) is 23.9. The van der Waals surface area contributed by atoms with Crippen LogP contribution in [-0.4, -0.2) is 48.3 Å². The first-order valence-electron chi connectivity index (χ1n) is 12.3. The molecule has 1 fully saturated rings. The zero-order chi connectivity index (χ0) is 26.5. The SMILES string of the molecule is COC(=O)C1=C(C)NC(C)=C(C(=O)OC2CCCN(Cc3ccccc3)C2)C1c1cccc(N([O-])O)c1. The van der Waals surface area contributed by atoms with E-state index in [0.29, 0.717) is 23.5 Å². The molecule has 4 rings (SSSR count). The second-order valence-corrected chi connectivity index (χ2v) is 9.39. The lowest BCUT2D eigenvalue weighted by molar-refractivity contribution is -0.147. The third-order valence-corrected chi connectivity index (χ3v) is 6.79. The molecule has 37 heavy (non-hydrogen) atoms. The van der Waals surface area contributed by atoms with Crippen LogP contribution in [0.15, 0.2) is 77.1 Å². The molecule has 0 spiro atoms. The van der Waals surface area contributed by atoms with Crippen LogP contribution in [0.3, 0.4) is 0 Å². The second-order valence-electron chi connectivity index (χ2n) is 9.39. The Hall–Kier alpha value is -3.66. The van der Waals surface area contributed by atoms with Gasteiger partial charge < -0.3 is 25.2 Å². The Morgan fingerprint density at radius 2 is 1.78 bits per heavy atom. The molecule has 2 unspecified atom stereocenters. The van der Waals surface area contributed by atoms with Gasteiger partial charge in [0.1, 0.15) is 6.10 Å². The molecular weight excluding hydrogens is 474 g/mol. The third-order valence-electron chi connectivity index (χ3n) is 6.79. The number of likely N-dealkylation sites (tertiary alicyclic amines) is 1. The minimum atomic E-state index is -0.842. The number of dihydropyridines is 1. The average Bonchev–Trinajstić information content (AvgIpc) is 2.88. The number of nitrogens with zero attached hydrogens (tertiary/aromatic N) is 2. The van der Waals surface area contributed by atoms with Gasteiger partial charge in [-0.05, 0) is 56.5 Å². The maximum atomic E-state index is 13.7. The van der Waals surface area contributed by atoms with E-state index in [9.17, 15) is 20.0 Å². The fraction of sp³-hybridized carbons (Fsp3) is 0.357. The first kappa shape index (κ1) is 26.4. The summed E-state index contributed by atoms with van der Waals surface area (Å²) in [6.45, 7) is 5.77. The summed E-state index contributed by atoms with van der Waals surface area (Å²) in [6, 6.07) is 16.3. The predicted molar refractivity (Wildman–Crippen MR) is 138 cm³/mol. The highest BCUT2D eigenvalue weighted by Gasteiger charge is 2.39. The molecule has 1 saturated heterocycles. The molecule has 2 aliphatic heterocycles. The summed E-state index contributed by atoms with van der Waals surface area (Å²) in [4.78, 5) is 28.8. The normalized spacial score (nSPS) is 20.4. The lowest BCUT2D eigenvalue weighted by Gasteiger charge is -2.35. The fourth-order valence-electron chi connectivity index (χ4n) is 5.11. The zero-order valence-electron chi connectivity index (χ0n) is 21.3. The van der Waals surface area contributed by atoms with Crippen LogP contribution in [0.25, 0.3) is 0 Å². The lowest BCUT2D eigenvalue weighted by Crippen LogP contribution is -2.41.